The SMILES string of the molecule is Cn1nnnc1SCCCNCc1ccc(-c2cc(Cl)ccc2Cl)o1. The molecule has 0 radical (unpaired) electrons. The number of nitrogens with zero attached hydrogens (tertiary/aromatic N) is 4. The Bertz CT molecular complexity index is 836. The molecule has 1 aromatic carbocycles. The number of hydrogen-bond donors (Lipinski definition) is 1. The zero-order valence-electron chi connectivity index (χ0n) is 13.6. The highest BCUT2D eigenvalue weighted by Gasteiger charge is 2.09. The predicted molar refractivity (Wildman–Crippen MR) is 100 cm³/mol. The van der Waals surface area contributed by atoms with Crippen molar-refractivity contribution in [2.24, 2.45) is 7.05 Å². The third kappa shape index (κ3) is 4.98. The van der Waals surface area contributed by atoms with Gasteiger partial charge in [-0.2, -0.15) is 0 Å². The van der Waals surface area contributed by atoms with Gasteiger partial charge in [-0.05, 0) is 53.7 Å². The van der Waals surface area contributed by atoms with Crippen LogP contribution in [0.3, 0.4) is 0 Å². The summed E-state index contributed by atoms with van der Waals surface area (Å²) >= 11 is 13.9. The summed E-state index contributed by atoms with van der Waals surface area (Å²) in [4.78, 5) is 0. The number of hydrogen-bond acceptors (Lipinski definition) is 6. The molecule has 3 rings (SSSR count). The first-order valence-electron chi connectivity index (χ1n) is 7.73. The maximum Gasteiger partial charge on any atom is 0.209 e. The van der Waals surface area contributed by atoms with E-state index in [9.17, 15) is 0 Å². The minimum absolute atomic E-state index is 0.619. The molecule has 0 bridgehead atoms. The van der Waals surface area contributed by atoms with Gasteiger partial charge in [0, 0.05) is 23.4 Å². The first kappa shape index (κ1) is 18.3. The highest BCUT2D eigenvalue weighted by Crippen LogP contribution is 2.31. The molecule has 0 fully saturated rings. The Hall–Kier alpha value is -1.54. The topological polar surface area (TPSA) is 68.8 Å². The lowest BCUT2D eigenvalue weighted by Gasteiger charge is -2.03. The summed E-state index contributed by atoms with van der Waals surface area (Å²) in [6.45, 7) is 1.54. The highest BCUT2D eigenvalue weighted by atomic mass is 35.5. The highest BCUT2D eigenvalue weighted by molar-refractivity contribution is 7.99. The molecule has 0 aliphatic carbocycles. The Kier molecular flexibility index (Phi) is 6.36. The molecular weight excluding hydrogens is 381 g/mol. The standard InChI is InChI=1S/C16H17Cl2N5OS/c1-23-16(20-21-22-23)25-8-2-7-19-10-12-4-6-15(24-12)13-9-11(17)3-5-14(13)18/h3-6,9,19H,2,7-8,10H2,1H3. The zero-order valence-corrected chi connectivity index (χ0v) is 15.9. The minimum atomic E-state index is 0.619. The lowest BCUT2D eigenvalue weighted by Crippen LogP contribution is -2.14. The van der Waals surface area contributed by atoms with Gasteiger partial charge in [-0.25, -0.2) is 4.68 Å². The Balaban J connectivity index is 1.43. The molecule has 0 unspecified atom stereocenters. The first-order chi connectivity index (χ1) is 12.1. The van der Waals surface area contributed by atoms with Crippen LogP contribution in [0.25, 0.3) is 11.3 Å². The van der Waals surface area contributed by atoms with Gasteiger partial charge in [0.25, 0.3) is 0 Å². The third-order valence-electron chi connectivity index (χ3n) is 3.47. The number of aromatic nitrogens is 4. The van der Waals surface area contributed by atoms with Gasteiger partial charge < -0.3 is 9.73 Å². The Morgan fingerprint density at radius 3 is 2.92 bits per heavy atom. The van der Waals surface area contributed by atoms with E-state index >= 15 is 0 Å². The van der Waals surface area contributed by atoms with Gasteiger partial charge in [-0.1, -0.05) is 35.0 Å². The van der Waals surface area contributed by atoms with Gasteiger partial charge in [0.15, 0.2) is 0 Å². The summed E-state index contributed by atoms with van der Waals surface area (Å²) in [6, 6.07) is 9.18. The van der Waals surface area contributed by atoms with Crippen LogP contribution in [0.2, 0.25) is 10.0 Å². The zero-order chi connectivity index (χ0) is 17.6. The molecular formula is C16H17Cl2N5OS. The summed E-state index contributed by atoms with van der Waals surface area (Å²) in [7, 11) is 1.83. The summed E-state index contributed by atoms with van der Waals surface area (Å²) in [6.07, 6.45) is 1.01. The number of nitrogens with one attached hydrogen (secondary N) is 1. The average Bonchev–Trinajstić information content (AvgIpc) is 3.22. The molecule has 2 heterocycles. The average molecular weight is 398 g/mol. The molecule has 0 aliphatic heterocycles. The van der Waals surface area contributed by atoms with Crippen LogP contribution in [0, 0.1) is 0 Å². The minimum Gasteiger partial charge on any atom is -0.460 e. The van der Waals surface area contributed by atoms with Crippen molar-refractivity contribution < 1.29 is 4.42 Å². The Labute approximate surface area is 159 Å². The molecule has 9 heteroatoms. The summed E-state index contributed by atoms with van der Waals surface area (Å²) < 4.78 is 7.52. The number of thioether (sulfide) groups is 1. The van der Waals surface area contributed by atoms with E-state index in [1.54, 1.807) is 34.6 Å². The number of rotatable bonds is 8. The van der Waals surface area contributed by atoms with Crippen LogP contribution in [0.4, 0.5) is 0 Å². The molecule has 132 valence electrons. The number of aryl methyl sites for hydroxylation is 1. The Morgan fingerprint density at radius 1 is 1.24 bits per heavy atom. The van der Waals surface area contributed by atoms with Crippen LogP contribution in [-0.4, -0.2) is 32.5 Å². The van der Waals surface area contributed by atoms with Crippen LogP contribution >= 0.6 is 35.0 Å². The van der Waals surface area contributed by atoms with Crippen LogP contribution in [0.1, 0.15) is 12.2 Å². The molecule has 1 N–H and O–H groups in total. The summed E-state index contributed by atoms with van der Waals surface area (Å²) in [5, 5.41) is 16.8. The molecule has 0 spiro atoms. The second-order valence-corrected chi connectivity index (χ2v) is 7.26. The second kappa shape index (κ2) is 8.71. The normalized spacial score (nSPS) is 11.2. The van der Waals surface area contributed by atoms with E-state index in [1.165, 1.54) is 0 Å². The van der Waals surface area contributed by atoms with Crippen molar-refractivity contribution >= 4 is 35.0 Å². The van der Waals surface area contributed by atoms with E-state index in [0.717, 1.165) is 41.0 Å². The maximum absolute atomic E-state index is 6.20. The van der Waals surface area contributed by atoms with Gasteiger partial charge in [-0.3, -0.25) is 0 Å². The lowest BCUT2D eigenvalue weighted by atomic mass is 10.2. The molecule has 0 saturated carbocycles. The lowest BCUT2D eigenvalue weighted by molar-refractivity contribution is 0.494. The van der Waals surface area contributed by atoms with Crippen molar-refractivity contribution in [2.75, 3.05) is 12.3 Å². The van der Waals surface area contributed by atoms with Crippen molar-refractivity contribution in [3.05, 3.63) is 46.1 Å². The second-order valence-electron chi connectivity index (χ2n) is 5.35. The van der Waals surface area contributed by atoms with Crippen LogP contribution in [0.15, 0.2) is 39.9 Å². The van der Waals surface area contributed by atoms with Gasteiger partial charge in [0.05, 0.1) is 11.6 Å². The fraction of sp³-hybridized carbons (Fsp3) is 0.312. The molecule has 3 aromatic rings. The van der Waals surface area contributed by atoms with Crippen LogP contribution in [0.5, 0.6) is 0 Å². The summed E-state index contributed by atoms with van der Waals surface area (Å²) in [5.41, 5.74) is 0.800. The molecule has 6 nitrogen and oxygen atoms in total. The van der Waals surface area contributed by atoms with Crippen molar-refractivity contribution in [3.8, 4) is 11.3 Å². The number of benzene rings is 1. The van der Waals surface area contributed by atoms with Crippen LogP contribution < -0.4 is 5.32 Å². The monoisotopic (exact) mass is 397 g/mol. The molecule has 0 saturated heterocycles. The van der Waals surface area contributed by atoms with Crippen molar-refractivity contribution in [3.63, 3.8) is 0 Å². The van der Waals surface area contributed by atoms with E-state index in [0.29, 0.717) is 16.6 Å². The van der Waals surface area contributed by atoms with E-state index in [2.05, 4.69) is 20.8 Å². The molecule has 0 atom stereocenters. The third-order valence-corrected chi connectivity index (χ3v) is 5.13. The van der Waals surface area contributed by atoms with Crippen molar-refractivity contribution in [2.45, 2.75) is 18.1 Å². The number of halogens is 2. The van der Waals surface area contributed by atoms with Gasteiger partial charge in [0.1, 0.15) is 11.5 Å². The van der Waals surface area contributed by atoms with Crippen LogP contribution in [-0.2, 0) is 13.6 Å². The first-order valence-corrected chi connectivity index (χ1v) is 9.47. The van der Waals surface area contributed by atoms with Crippen molar-refractivity contribution in [1.82, 2.24) is 25.5 Å². The summed E-state index contributed by atoms with van der Waals surface area (Å²) in [5.74, 6) is 2.52. The largest absolute Gasteiger partial charge is 0.460 e. The van der Waals surface area contributed by atoms with E-state index in [-0.39, 0.29) is 0 Å². The predicted octanol–water partition coefficient (Wildman–Crippen LogP) is 4.05. The van der Waals surface area contributed by atoms with Gasteiger partial charge >= 0.3 is 0 Å². The Morgan fingerprint density at radius 2 is 2.12 bits per heavy atom. The smallest absolute Gasteiger partial charge is 0.209 e. The van der Waals surface area contributed by atoms with E-state index in [4.69, 9.17) is 27.6 Å². The van der Waals surface area contributed by atoms with E-state index < -0.39 is 0 Å². The maximum atomic E-state index is 6.20. The quantitative estimate of drug-likeness (QED) is 0.456. The van der Waals surface area contributed by atoms with Gasteiger partial charge in [0.2, 0.25) is 5.16 Å². The molecule has 0 amide bonds. The fourth-order valence-electron chi connectivity index (χ4n) is 2.22. The molecule has 25 heavy (non-hydrogen) atoms. The fourth-order valence-corrected chi connectivity index (χ4v) is 3.39. The number of tetrazole rings is 1. The molecule has 0 aliphatic rings. The number of furan rings is 1. The van der Waals surface area contributed by atoms with E-state index in [1.807, 2.05) is 19.2 Å². The van der Waals surface area contributed by atoms with Gasteiger partial charge in [-0.15, -0.1) is 5.10 Å². The van der Waals surface area contributed by atoms with Crippen molar-refractivity contribution in [1.29, 1.82) is 0 Å². The molecule has 2 aromatic heterocycles.